The van der Waals surface area contributed by atoms with Crippen LogP contribution in [0.3, 0.4) is 0 Å². The van der Waals surface area contributed by atoms with E-state index < -0.39 is 0 Å². The summed E-state index contributed by atoms with van der Waals surface area (Å²) in [4.78, 5) is 13.9. The maximum absolute atomic E-state index is 6.66. The Labute approximate surface area is 363 Å². The average Bonchev–Trinajstić information content (AvgIpc) is 3.83. The fraction of sp³-hybridized carbons (Fsp3) is 0.706. The second kappa shape index (κ2) is 16.2. The van der Waals surface area contributed by atoms with E-state index in [1.54, 1.807) is 0 Å². The second-order valence-electron chi connectivity index (χ2n) is 22.9. The van der Waals surface area contributed by atoms with Crippen LogP contribution in [0.4, 0.5) is 0 Å². The van der Waals surface area contributed by atoms with E-state index in [0.29, 0.717) is 16.2 Å². The third-order valence-corrected chi connectivity index (χ3v) is 17.5. The van der Waals surface area contributed by atoms with E-state index in [1.165, 1.54) is 140 Å². The number of hydrogen-bond donors (Lipinski definition) is 3. The Morgan fingerprint density at radius 2 is 0.864 bits per heavy atom. The van der Waals surface area contributed by atoms with Crippen molar-refractivity contribution < 1.29 is 0 Å². The first-order chi connectivity index (χ1) is 27.5. The van der Waals surface area contributed by atoms with E-state index in [1.807, 2.05) is 11.3 Å². The van der Waals surface area contributed by atoms with E-state index in [4.69, 9.17) is 17.2 Å². The molecule has 6 N–H and O–H groups in total. The first kappa shape index (κ1) is 44.9. The van der Waals surface area contributed by atoms with Gasteiger partial charge in [0.2, 0.25) is 0 Å². The Bertz CT molecular complexity index is 1840. The molecule has 1 unspecified atom stereocenters. The van der Waals surface area contributed by atoms with Crippen molar-refractivity contribution in [1.29, 1.82) is 0 Å². The average molecular weight is 824 g/mol. The summed E-state index contributed by atoms with van der Waals surface area (Å²) >= 11 is 1.81. The summed E-state index contributed by atoms with van der Waals surface area (Å²) in [6.07, 6.45) is 10.9. The first-order valence-corrected chi connectivity index (χ1v) is 24.0. The quantitative estimate of drug-likeness (QED) is 0.208. The zero-order valence-electron chi connectivity index (χ0n) is 39.2. The summed E-state index contributed by atoms with van der Waals surface area (Å²) in [6.45, 7) is 34.5. The standard InChI is InChI=1S/2C18H28N2.C15H25N3S/c2*1-13-6-5-7-14-15(13)12-18(16(14)19)8-10-20(11-9-18)17(2,3)4;1-10-17-11-9-15(13(16)12(11)19-10)5-7-18(8-6-15)14(2,3)4/h2*5-7,16H,8-12,19H2,1-4H3;13H,5-9,16H2,1-4H3/t2*16-;/m10./s1. The van der Waals surface area contributed by atoms with Crippen molar-refractivity contribution in [1.82, 2.24) is 19.7 Å². The lowest BCUT2D eigenvalue weighted by atomic mass is 9.72. The van der Waals surface area contributed by atoms with Crippen LogP contribution in [0, 0.1) is 37.0 Å². The Kier molecular flexibility index (Phi) is 12.3. The van der Waals surface area contributed by atoms with Crippen LogP contribution in [0.1, 0.15) is 168 Å². The molecule has 3 atom stereocenters. The molecule has 326 valence electrons. The highest BCUT2D eigenvalue weighted by Crippen LogP contribution is 2.54. The van der Waals surface area contributed by atoms with Gasteiger partial charge in [0.05, 0.1) is 10.7 Å². The number of fused-ring (bicyclic) bond motifs is 3. The summed E-state index contributed by atoms with van der Waals surface area (Å²) in [5.74, 6) is 0. The number of piperidine rings is 3. The summed E-state index contributed by atoms with van der Waals surface area (Å²) in [5, 5.41) is 1.17. The highest BCUT2D eigenvalue weighted by atomic mass is 32.1. The molecule has 7 nitrogen and oxygen atoms in total. The highest BCUT2D eigenvalue weighted by Gasteiger charge is 2.50. The largest absolute Gasteiger partial charge is 0.323 e. The molecule has 0 saturated carbocycles. The molecule has 0 amide bonds. The molecule has 6 aliphatic rings. The highest BCUT2D eigenvalue weighted by molar-refractivity contribution is 7.11. The lowest BCUT2D eigenvalue weighted by Crippen LogP contribution is -2.51. The fourth-order valence-electron chi connectivity index (χ4n) is 12.0. The monoisotopic (exact) mass is 824 g/mol. The van der Waals surface area contributed by atoms with Crippen molar-refractivity contribution in [3.05, 3.63) is 85.4 Å². The predicted molar refractivity (Wildman–Crippen MR) is 250 cm³/mol. The molecule has 3 saturated heterocycles. The Balaban J connectivity index is 0.000000134. The number of rotatable bonds is 0. The summed E-state index contributed by atoms with van der Waals surface area (Å²) in [7, 11) is 0. The van der Waals surface area contributed by atoms with Crippen LogP contribution in [0.5, 0.6) is 0 Å². The molecule has 0 bridgehead atoms. The second-order valence-corrected chi connectivity index (χ2v) is 24.1. The van der Waals surface area contributed by atoms with E-state index in [0.717, 1.165) is 6.42 Å². The minimum Gasteiger partial charge on any atom is -0.323 e. The van der Waals surface area contributed by atoms with Crippen molar-refractivity contribution in [2.45, 2.75) is 176 Å². The van der Waals surface area contributed by atoms with Gasteiger partial charge in [0.15, 0.2) is 0 Å². The summed E-state index contributed by atoms with van der Waals surface area (Å²) in [6, 6.07) is 14.0. The number of benzene rings is 2. The molecule has 3 aromatic rings. The number of thiazole rings is 1. The molecule has 3 aliphatic carbocycles. The summed E-state index contributed by atoms with van der Waals surface area (Å²) in [5.41, 5.74) is 31.7. The SMILES string of the molecule is Cc1cccc2c1CC1(CCN(C(C)(C)C)CC1)[C@@H]2N.Cc1cccc2c1CC1(CCN(C(C)(C)C)CC1)[C@H]2N.Cc1nc2c(s1)C(N)C1(CCN(C(C)(C)C)CC1)C2. The molecule has 0 radical (unpaired) electrons. The Morgan fingerprint density at radius 1 is 0.525 bits per heavy atom. The Morgan fingerprint density at radius 3 is 1.17 bits per heavy atom. The minimum absolute atomic E-state index is 0.218. The van der Waals surface area contributed by atoms with Crippen molar-refractivity contribution in [2.24, 2.45) is 33.4 Å². The number of nitrogens with zero attached hydrogens (tertiary/aromatic N) is 4. The van der Waals surface area contributed by atoms with Crippen LogP contribution in [-0.2, 0) is 19.3 Å². The lowest BCUT2D eigenvalue weighted by molar-refractivity contribution is 0.0343. The maximum atomic E-state index is 6.66. The van der Waals surface area contributed by atoms with Gasteiger partial charge in [-0.1, -0.05) is 36.4 Å². The van der Waals surface area contributed by atoms with Crippen molar-refractivity contribution >= 4 is 11.3 Å². The number of aryl methyl sites for hydroxylation is 3. The van der Waals surface area contributed by atoms with Gasteiger partial charge in [-0.15, -0.1) is 11.3 Å². The normalized spacial score (nSPS) is 26.3. The molecular formula is C51H81N7S. The third kappa shape index (κ3) is 8.64. The number of nitrogens with two attached hydrogens (primary N) is 3. The van der Waals surface area contributed by atoms with Crippen molar-refractivity contribution in [3.63, 3.8) is 0 Å². The van der Waals surface area contributed by atoms with Gasteiger partial charge < -0.3 is 17.2 Å². The van der Waals surface area contributed by atoms with Gasteiger partial charge in [-0.2, -0.15) is 0 Å². The fourth-order valence-corrected chi connectivity index (χ4v) is 13.1. The third-order valence-electron chi connectivity index (χ3n) is 16.4. The smallest absolute Gasteiger partial charge is 0.0900 e. The van der Waals surface area contributed by atoms with E-state index in [2.05, 4.69) is 139 Å². The number of aromatic nitrogens is 1. The Hall–Kier alpha value is -2.17. The molecule has 8 heteroatoms. The van der Waals surface area contributed by atoms with Gasteiger partial charge in [0, 0.05) is 39.6 Å². The van der Waals surface area contributed by atoms with E-state index >= 15 is 0 Å². The van der Waals surface area contributed by atoms with Crippen LogP contribution < -0.4 is 17.2 Å². The van der Waals surface area contributed by atoms with Crippen LogP contribution in [-0.4, -0.2) is 75.6 Å². The van der Waals surface area contributed by atoms with Gasteiger partial charge in [-0.3, -0.25) is 14.7 Å². The molecule has 59 heavy (non-hydrogen) atoms. The zero-order chi connectivity index (χ0) is 42.9. The summed E-state index contributed by atoms with van der Waals surface area (Å²) < 4.78 is 0. The number of likely N-dealkylation sites (tertiary alicyclic amines) is 3. The molecule has 3 spiro atoms. The predicted octanol–water partition coefficient (Wildman–Crippen LogP) is 9.75. The molecular weight excluding hydrogens is 743 g/mol. The molecule has 9 rings (SSSR count). The van der Waals surface area contributed by atoms with Gasteiger partial charge >= 0.3 is 0 Å². The lowest BCUT2D eigenvalue weighted by Gasteiger charge is -2.47. The molecule has 3 aliphatic heterocycles. The molecule has 3 fully saturated rings. The van der Waals surface area contributed by atoms with E-state index in [9.17, 15) is 0 Å². The van der Waals surface area contributed by atoms with Crippen LogP contribution >= 0.6 is 11.3 Å². The first-order valence-electron chi connectivity index (χ1n) is 23.1. The zero-order valence-corrected chi connectivity index (χ0v) is 40.0. The molecule has 2 aromatic carbocycles. The van der Waals surface area contributed by atoms with Crippen molar-refractivity contribution in [2.75, 3.05) is 39.3 Å². The maximum Gasteiger partial charge on any atom is 0.0900 e. The van der Waals surface area contributed by atoms with Crippen LogP contribution in [0.2, 0.25) is 0 Å². The van der Waals surface area contributed by atoms with Gasteiger partial charge in [0.1, 0.15) is 0 Å². The van der Waals surface area contributed by atoms with Gasteiger partial charge in [0.25, 0.3) is 0 Å². The minimum atomic E-state index is 0.218. The van der Waals surface area contributed by atoms with Crippen LogP contribution in [0.25, 0.3) is 0 Å². The van der Waals surface area contributed by atoms with E-state index in [-0.39, 0.29) is 34.7 Å². The van der Waals surface area contributed by atoms with Crippen LogP contribution in [0.15, 0.2) is 36.4 Å². The topological polar surface area (TPSA) is 101 Å². The van der Waals surface area contributed by atoms with Crippen molar-refractivity contribution in [3.8, 4) is 0 Å². The number of hydrogen-bond acceptors (Lipinski definition) is 8. The van der Waals surface area contributed by atoms with Gasteiger partial charge in [-0.25, -0.2) is 4.98 Å². The molecule has 4 heterocycles. The molecule has 1 aromatic heterocycles. The van der Waals surface area contributed by atoms with Gasteiger partial charge in [-0.05, 0) is 230 Å².